The summed E-state index contributed by atoms with van der Waals surface area (Å²) in [7, 11) is 1.64. The molecule has 20 heavy (non-hydrogen) atoms. The summed E-state index contributed by atoms with van der Waals surface area (Å²) in [5, 5.41) is 4.18. The molecule has 1 fully saturated rings. The number of rotatable bonds is 5. The maximum absolute atomic E-state index is 6.07. The van der Waals surface area contributed by atoms with Crippen molar-refractivity contribution in [3.05, 3.63) is 53.1 Å². The molecule has 2 aromatic carbocycles. The van der Waals surface area contributed by atoms with E-state index in [4.69, 9.17) is 16.3 Å². The zero-order valence-corrected chi connectivity index (χ0v) is 12.3. The molecule has 0 unspecified atom stereocenters. The maximum Gasteiger partial charge on any atom is 0.138 e. The van der Waals surface area contributed by atoms with E-state index in [0.29, 0.717) is 10.8 Å². The molecular weight excluding hydrogens is 270 g/mol. The van der Waals surface area contributed by atoms with Gasteiger partial charge in [-0.15, -0.1) is 0 Å². The highest BCUT2D eigenvalue weighted by molar-refractivity contribution is 6.32. The van der Waals surface area contributed by atoms with E-state index in [-0.39, 0.29) is 0 Å². The monoisotopic (exact) mass is 287 g/mol. The lowest BCUT2D eigenvalue weighted by Crippen LogP contribution is -2.15. The average molecular weight is 288 g/mol. The third-order valence-corrected chi connectivity index (χ3v) is 3.90. The Bertz CT molecular complexity index is 608. The summed E-state index contributed by atoms with van der Waals surface area (Å²) in [5.74, 6) is 0.714. The molecule has 2 nitrogen and oxygen atoms in total. The Morgan fingerprint density at radius 3 is 2.70 bits per heavy atom. The number of hydrogen-bond acceptors (Lipinski definition) is 2. The molecule has 1 aliphatic carbocycles. The van der Waals surface area contributed by atoms with Gasteiger partial charge in [-0.1, -0.05) is 35.9 Å². The van der Waals surface area contributed by atoms with Gasteiger partial charge in [-0.3, -0.25) is 0 Å². The average Bonchev–Trinajstić information content (AvgIpc) is 3.30. The number of benzene rings is 2. The van der Waals surface area contributed by atoms with Gasteiger partial charge in [0.2, 0.25) is 0 Å². The van der Waals surface area contributed by atoms with Gasteiger partial charge in [-0.25, -0.2) is 0 Å². The van der Waals surface area contributed by atoms with Crippen molar-refractivity contribution in [2.45, 2.75) is 25.4 Å². The fourth-order valence-corrected chi connectivity index (χ4v) is 2.44. The topological polar surface area (TPSA) is 21.3 Å². The van der Waals surface area contributed by atoms with Crippen LogP contribution in [0.1, 0.15) is 18.4 Å². The van der Waals surface area contributed by atoms with E-state index in [2.05, 4.69) is 29.6 Å². The van der Waals surface area contributed by atoms with Crippen LogP contribution in [0.5, 0.6) is 5.75 Å². The molecule has 0 heterocycles. The third kappa shape index (κ3) is 3.14. The SMILES string of the molecule is COc1cc(-c2cccc(CNC3CC3)c2)ccc1Cl. The Kier molecular flexibility index (Phi) is 3.95. The summed E-state index contributed by atoms with van der Waals surface area (Å²) in [6, 6.07) is 15.2. The Labute approximate surface area is 124 Å². The second kappa shape index (κ2) is 5.86. The number of ether oxygens (including phenoxy) is 1. The molecule has 0 aromatic heterocycles. The lowest BCUT2D eigenvalue weighted by molar-refractivity contribution is 0.415. The predicted molar refractivity (Wildman–Crippen MR) is 83.3 cm³/mol. The number of halogens is 1. The van der Waals surface area contributed by atoms with Crippen LogP contribution in [0.4, 0.5) is 0 Å². The van der Waals surface area contributed by atoms with Crippen LogP contribution in [-0.4, -0.2) is 13.2 Å². The minimum Gasteiger partial charge on any atom is -0.495 e. The Balaban J connectivity index is 1.83. The zero-order chi connectivity index (χ0) is 13.9. The predicted octanol–water partition coefficient (Wildman–Crippen LogP) is 4.27. The van der Waals surface area contributed by atoms with Gasteiger partial charge in [-0.05, 0) is 47.7 Å². The second-order valence-electron chi connectivity index (χ2n) is 5.20. The van der Waals surface area contributed by atoms with Crippen molar-refractivity contribution in [3.8, 4) is 16.9 Å². The molecule has 0 saturated heterocycles. The Hall–Kier alpha value is -1.51. The van der Waals surface area contributed by atoms with E-state index in [0.717, 1.165) is 18.2 Å². The summed E-state index contributed by atoms with van der Waals surface area (Å²) < 4.78 is 5.28. The Morgan fingerprint density at radius 2 is 1.95 bits per heavy atom. The van der Waals surface area contributed by atoms with Crippen LogP contribution in [0.3, 0.4) is 0 Å². The van der Waals surface area contributed by atoms with Gasteiger partial charge in [0.15, 0.2) is 0 Å². The Morgan fingerprint density at radius 1 is 1.15 bits per heavy atom. The first-order valence-corrected chi connectivity index (χ1v) is 7.30. The second-order valence-corrected chi connectivity index (χ2v) is 5.61. The molecule has 0 bridgehead atoms. The molecule has 3 rings (SSSR count). The zero-order valence-electron chi connectivity index (χ0n) is 11.5. The van der Waals surface area contributed by atoms with Crippen LogP contribution in [-0.2, 0) is 6.54 Å². The van der Waals surface area contributed by atoms with Crippen LogP contribution in [0.2, 0.25) is 5.02 Å². The fourth-order valence-electron chi connectivity index (χ4n) is 2.25. The third-order valence-electron chi connectivity index (χ3n) is 3.58. The molecule has 104 valence electrons. The lowest BCUT2D eigenvalue weighted by atomic mass is 10.0. The first-order chi connectivity index (χ1) is 9.76. The van der Waals surface area contributed by atoms with E-state index in [1.165, 1.54) is 24.0 Å². The van der Waals surface area contributed by atoms with Crippen molar-refractivity contribution < 1.29 is 4.74 Å². The van der Waals surface area contributed by atoms with Gasteiger partial charge < -0.3 is 10.1 Å². The van der Waals surface area contributed by atoms with Gasteiger partial charge in [0.1, 0.15) is 5.75 Å². The van der Waals surface area contributed by atoms with Gasteiger partial charge in [0.25, 0.3) is 0 Å². The molecule has 2 aromatic rings. The van der Waals surface area contributed by atoms with Gasteiger partial charge in [0.05, 0.1) is 12.1 Å². The molecule has 0 atom stereocenters. The minimum absolute atomic E-state index is 0.641. The summed E-state index contributed by atoms with van der Waals surface area (Å²) >= 11 is 6.07. The normalized spacial score (nSPS) is 14.3. The molecular formula is C17H18ClNO. The maximum atomic E-state index is 6.07. The standard InChI is InChI=1S/C17H18ClNO/c1-20-17-10-14(5-8-16(17)18)13-4-2-3-12(9-13)11-19-15-6-7-15/h2-5,8-10,15,19H,6-7,11H2,1H3. The molecule has 1 N–H and O–H groups in total. The van der Waals surface area contributed by atoms with Gasteiger partial charge in [0, 0.05) is 12.6 Å². The van der Waals surface area contributed by atoms with Crippen molar-refractivity contribution in [3.63, 3.8) is 0 Å². The lowest BCUT2D eigenvalue weighted by Gasteiger charge is -2.09. The van der Waals surface area contributed by atoms with Crippen molar-refractivity contribution in [2.24, 2.45) is 0 Å². The minimum atomic E-state index is 0.641. The van der Waals surface area contributed by atoms with Crippen LogP contribution < -0.4 is 10.1 Å². The highest BCUT2D eigenvalue weighted by Crippen LogP contribution is 2.30. The summed E-state index contributed by atoms with van der Waals surface area (Å²) in [6.07, 6.45) is 2.63. The highest BCUT2D eigenvalue weighted by Gasteiger charge is 2.19. The molecule has 0 amide bonds. The van der Waals surface area contributed by atoms with E-state index >= 15 is 0 Å². The largest absolute Gasteiger partial charge is 0.495 e. The van der Waals surface area contributed by atoms with Crippen LogP contribution >= 0.6 is 11.6 Å². The van der Waals surface area contributed by atoms with Crippen LogP contribution in [0.25, 0.3) is 11.1 Å². The number of hydrogen-bond donors (Lipinski definition) is 1. The van der Waals surface area contributed by atoms with Crippen molar-refractivity contribution in [2.75, 3.05) is 7.11 Å². The van der Waals surface area contributed by atoms with Crippen molar-refractivity contribution in [1.82, 2.24) is 5.32 Å². The molecule has 1 aliphatic rings. The summed E-state index contributed by atoms with van der Waals surface area (Å²) in [4.78, 5) is 0. The fraction of sp³-hybridized carbons (Fsp3) is 0.294. The van der Waals surface area contributed by atoms with Gasteiger partial charge >= 0.3 is 0 Å². The first-order valence-electron chi connectivity index (χ1n) is 6.92. The quantitative estimate of drug-likeness (QED) is 0.887. The highest BCUT2D eigenvalue weighted by atomic mass is 35.5. The number of nitrogens with one attached hydrogen (secondary N) is 1. The van der Waals surface area contributed by atoms with Crippen LogP contribution in [0.15, 0.2) is 42.5 Å². The molecule has 0 spiro atoms. The first kappa shape index (κ1) is 13.5. The van der Waals surface area contributed by atoms with Crippen molar-refractivity contribution >= 4 is 11.6 Å². The summed E-state index contributed by atoms with van der Waals surface area (Å²) in [6.45, 7) is 0.934. The van der Waals surface area contributed by atoms with E-state index in [1.54, 1.807) is 7.11 Å². The molecule has 0 aliphatic heterocycles. The molecule has 0 radical (unpaired) electrons. The van der Waals surface area contributed by atoms with Crippen LogP contribution in [0, 0.1) is 0 Å². The van der Waals surface area contributed by atoms with E-state index < -0.39 is 0 Å². The van der Waals surface area contributed by atoms with E-state index in [9.17, 15) is 0 Å². The summed E-state index contributed by atoms with van der Waals surface area (Å²) in [5.41, 5.74) is 3.62. The van der Waals surface area contributed by atoms with Crippen molar-refractivity contribution in [1.29, 1.82) is 0 Å². The molecule has 3 heteroatoms. The van der Waals surface area contributed by atoms with Gasteiger partial charge in [-0.2, -0.15) is 0 Å². The molecule has 1 saturated carbocycles. The number of methoxy groups -OCH3 is 1. The van der Waals surface area contributed by atoms with E-state index in [1.807, 2.05) is 18.2 Å². The smallest absolute Gasteiger partial charge is 0.138 e.